The van der Waals surface area contributed by atoms with Crippen LogP contribution in [0.5, 0.6) is 0 Å². The first-order valence-corrected chi connectivity index (χ1v) is 5.54. The Balaban J connectivity index is 2.54. The van der Waals surface area contributed by atoms with Crippen molar-refractivity contribution in [3.8, 4) is 0 Å². The number of rotatable bonds is 5. The first kappa shape index (κ1) is 12.7. The summed E-state index contributed by atoms with van der Waals surface area (Å²) in [5, 5.41) is 2.75. The predicted octanol–water partition coefficient (Wildman–Crippen LogP) is 0.503. The predicted molar refractivity (Wildman–Crippen MR) is 62.6 cm³/mol. The lowest BCUT2D eigenvalue weighted by atomic mass is 10.2. The number of nitrogens with zero attached hydrogens (tertiary/aromatic N) is 2. The number of aromatic nitrogens is 2. The molecule has 1 atom stereocenters. The van der Waals surface area contributed by atoms with E-state index in [1.165, 1.54) is 0 Å². The minimum Gasteiger partial charge on any atom is -0.348 e. The third-order valence-electron chi connectivity index (χ3n) is 2.20. The van der Waals surface area contributed by atoms with E-state index in [1.54, 1.807) is 13.1 Å². The Hall–Kier alpha value is -1.36. The van der Waals surface area contributed by atoms with Crippen LogP contribution in [0.15, 0.2) is 12.4 Å². The second kappa shape index (κ2) is 5.65. The number of carbonyl (C=O) groups excluding carboxylic acids is 1. The van der Waals surface area contributed by atoms with Crippen molar-refractivity contribution in [2.75, 3.05) is 0 Å². The molecule has 5 nitrogen and oxygen atoms in total. The molecule has 0 saturated carbocycles. The minimum absolute atomic E-state index is 0.154. The quantitative estimate of drug-likeness (QED) is 0.765. The average molecular weight is 224 g/mol. The number of imidazole rings is 1. The Labute approximate surface area is 96.0 Å². The number of amides is 1. The fourth-order valence-electron chi connectivity index (χ4n) is 1.39. The molecule has 0 saturated heterocycles. The zero-order valence-electron chi connectivity index (χ0n) is 10.1. The van der Waals surface area contributed by atoms with E-state index >= 15 is 0 Å². The van der Waals surface area contributed by atoms with Crippen molar-refractivity contribution in [1.29, 1.82) is 0 Å². The SMILES string of the molecule is CC(C)Cn1ccnc1CNC(=O)[C@@H](C)N. The lowest BCUT2D eigenvalue weighted by Crippen LogP contribution is -2.38. The Morgan fingerprint density at radius 1 is 1.56 bits per heavy atom. The van der Waals surface area contributed by atoms with Crippen LogP contribution in [0, 0.1) is 5.92 Å². The van der Waals surface area contributed by atoms with Gasteiger partial charge in [-0.2, -0.15) is 0 Å². The Morgan fingerprint density at radius 2 is 2.25 bits per heavy atom. The monoisotopic (exact) mass is 224 g/mol. The van der Waals surface area contributed by atoms with Crippen molar-refractivity contribution in [2.45, 2.75) is 39.9 Å². The van der Waals surface area contributed by atoms with E-state index in [9.17, 15) is 4.79 Å². The van der Waals surface area contributed by atoms with Crippen molar-refractivity contribution in [3.63, 3.8) is 0 Å². The lowest BCUT2D eigenvalue weighted by molar-refractivity contribution is -0.122. The van der Waals surface area contributed by atoms with Gasteiger partial charge in [0, 0.05) is 18.9 Å². The number of hydrogen-bond donors (Lipinski definition) is 2. The summed E-state index contributed by atoms with van der Waals surface area (Å²) in [5.41, 5.74) is 5.45. The van der Waals surface area contributed by atoms with E-state index in [0.29, 0.717) is 12.5 Å². The van der Waals surface area contributed by atoms with Crippen molar-refractivity contribution in [3.05, 3.63) is 18.2 Å². The number of carbonyl (C=O) groups is 1. The Kier molecular flexibility index (Phi) is 4.49. The van der Waals surface area contributed by atoms with Crippen LogP contribution in [0.25, 0.3) is 0 Å². The molecular weight excluding hydrogens is 204 g/mol. The van der Waals surface area contributed by atoms with Crippen LogP contribution in [0.2, 0.25) is 0 Å². The van der Waals surface area contributed by atoms with E-state index < -0.39 is 6.04 Å². The standard InChI is InChI=1S/C11H20N4O/c1-8(2)7-15-5-4-13-10(15)6-14-11(16)9(3)12/h4-5,8-9H,6-7,12H2,1-3H3,(H,14,16)/t9-/m1/s1. The molecule has 3 N–H and O–H groups in total. The molecule has 16 heavy (non-hydrogen) atoms. The zero-order chi connectivity index (χ0) is 12.1. The maximum absolute atomic E-state index is 11.3. The summed E-state index contributed by atoms with van der Waals surface area (Å²) in [4.78, 5) is 15.5. The summed E-state index contributed by atoms with van der Waals surface area (Å²) in [7, 11) is 0. The van der Waals surface area contributed by atoms with Gasteiger partial charge in [-0.3, -0.25) is 4.79 Å². The average Bonchev–Trinajstić information content (AvgIpc) is 2.60. The maximum atomic E-state index is 11.3. The van der Waals surface area contributed by atoms with Crippen LogP contribution in [0.4, 0.5) is 0 Å². The van der Waals surface area contributed by atoms with Gasteiger partial charge < -0.3 is 15.6 Å². The molecule has 0 spiro atoms. The molecule has 0 fully saturated rings. The van der Waals surface area contributed by atoms with Crippen molar-refractivity contribution in [1.82, 2.24) is 14.9 Å². The molecule has 1 rings (SSSR count). The lowest BCUT2D eigenvalue weighted by Gasteiger charge is -2.11. The molecule has 0 bridgehead atoms. The normalized spacial score (nSPS) is 12.8. The Morgan fingerprint density at radius 3 is 2.81 bits per heavy atom. The van der Waals surface area contributed by atoms with Gasteiger partial charge in [-0.05, 0) is 12.8 Å². The molecule has 1 aromatic heterocycles. The third-order valence-corrected chi connectivity index (χ3v) is 2.20. The van der Waals surface area contributed by atoms with E-state index in [0.717, 1.165) is 12.4 Å². The molecule has 1 heterocycles. The van der Waals surface area contributed by atoms with Crippen LogP contribution in [0.3, 0.4) is 0 Å². The highest BCUT2D eigenvalue weighted by Gasteiger charge is 2.09. The maximum Gasteiger partial charge on any atom is 0.237 e. The molecule has 0 aliphatic carbocycles. The molecule has 1 amide bonds. The van der Waals surface area contributed by atoms with Gasteiger partial charge in [-0.15, -0.1) is 0 Å². The second-order valence-corrected chi connectivity index (χ2v) is 4.40. The van der Waals surface area contributed by atoms with Gasteiger partial charge in [0.1, 0.15) is 5.82 Å². The van der Waals surface area contributed by atoms with Gasteiger partial charge in [-0.25, -0.2) is 4.98 Å². The molecule has 0 radical (unpaired) electrons. The Bertz CT molecular complexity index is 344. The third kappa shape index (κ3) is 3.66. The fraction of sp³-hybridized carbons (Fsp3) is 0.636. The molecular formula is C11H20N4O. The fourth-order valence-corrected chi connectivity index (χ4v) is 1.39. The van der Waals surface area contributed by atoms with Crippen LogP contribution in [-0.2, 0) is 17.9 Å². The highest BCUT2D eigenvalue weighted by atomic mass is 16.2. The second-order valence-electron chi connectivity index (χ2n) is 4.40. The summed E-state index contributed by atoms with van der Waals surface area (Å²) in [6.07, 6.45) is 3.67. The van der Waals surface area contributed by atoms with Gasteiger partial charge in [0.2, 0.25) is 5.91 Å². The molecule has 1 aromatic rings. The van der Waals surface area contributed by atoms with Gasteiger partial charge >= 0.3 is 0 Å². The summed E-state index contributed by atoms with van der Waals surface area (Å²) in [5.74, 6) is 1.26. The van der Waals surface area contributed by atoms with E-state index in [2.05, 4.69) is 24.1 Å². The van der Waals surface area contributed by atoms with Crippen LogP contribution in [0.1, 0.15) is 26.6 Å². The summed E-state index contributed by atoms with van der Waals surface area (Å²) >= 11 is 0. The number of nitrogens with one attached hydrogen (secondary N) is 1. The molecule has 0 aliphatic heterocycles. The molecule has 0 aromatic carbocycles. The van der Waals surface area contributed by atoms with Crippen molar-refractivity contribution >= 4 is 5.91 Å². The summed E-state index contributed by atoms with van der Waals surface area (Å²) in [6.45, 7) is 7.29. The topological polar surface area (TPSA) is 72.9 Å². The van der Waals surface area contributed by atoms with Crippen molar-refractivity contribution < 1.29 is 4.79 Å². The van der Waals surface area contributed by atoms with E-state index in [4.69, 9.17) is 5.73 Å². The highest BCUT2D eigenvalue weighted by molar-refractivity contribution is 5.80. The number of nitrogens with two attached hydrogens (primary N) is 1. The van der Waals surface area contributed by atoms with Gasteiger partial charge in [0.25, 0.3) is 0 Å². The molecule has 0 unspecified atom stereocenters. The van der Waals surface area contributed by atoms with Gasteiger partial charge in [-0.1, -0.05) is 13.8 Å². The van der Waals surface area contributed by atoms with E-state index in [1.807, 2.05) is 10.8 Å². The number of hydrogen-bond acceptors (Lipinski definition) is 3. The smallest absolute Gasteiger partial charge is 0.237 e. The first-order valence-electron chi connectivity index (χ1n) is 5.54. The summed E-state index contributed by atoms with van der Waals surface area (Å²) < 4.78 is 2.05. The van der Waals surface area contributed by atoms with Crippen LogP contribution in [-0.4, -0.2) is 21.5 Å². The zero-order valence-corrected chi connectivity index (χ0v) is 10.1. The highest BCUT2D eigenvalue weighted by Crippen LogP contribution is 2.03. The minimum atomic E-state index is -0.478. The van der Waals surface area contributed by atoms with Crippen molar-refractivity contribution in [2.24, 2.45) is 11.7 Å². The first-order chi connectivity index (χ1) is 7.50. The van der Waals surface area contributed by atoms with Crippen LogP contribution < -0.4 is 11.1 Å². The molecule has 5 heteroatoms. The van der Waals surface area contributed by atoms with Gasteiger partial charge in [0.05, 0.1) is 12.6 Å². The van der Waals surface area contributed by atoms with E-state index in [-0.39, 0.29) is 5.91 Å². The van der Waals surface area contributed by atoms with Crippen LogP contribution >= 0.6 is 0 Å². The summed E-state index contributed by atoms with van der Waals surface area (Å²) in [6, 6.07) is -0.478. The largest absolute Gasteiger partial charge is 0.348 e. The molecule has 90 valence electrons. The van der Waals surface area contributed by atoms with Gasteiger partial charge in [0.15, 0.2) is 0 Å². The molecule has 0 aliphatic rings.